The summed E-state index contributed by atoms with van der Waals surface area (Å²) in [5, 5.41) is 9.35. The summed E-state index contributed by atoms with van der Waals surface area (Å²) in [6.07, 6.45) is -0.115. The predicted octanol–water partition coefficient (Wildman–Crippen LogP) is -0.0630. The Bertz CT molecular complexity index is 1180. The number of rotatable bonds is 5. The van der Waals surface area contributed by atoms with E-state index in [-0.39, 0.29) is 23.6 Å². The summed E-state index contributed by atoms with van der Waals surface area (Å²) < 4.78 is 37.2. The van der Waals surface area contributed by atoms with Gasteiger partial charge in [0, 0.05) is 6.26 Å². The van der Waals surface area contributed by atoms with Crippen LogP contribution in [-0.2, 0) is 19.3 Å². The molecule has 0 aliphatic carbocycles. The fourth-order valence-corrected chi connectivity index (χ4v) is 4.72. The third kappa shape index (κ3) is 3.60. The second kappa shape index (κ2) is 7.63. The van der Waals surface area contributed by atoms with Crippen LogP contribution in [0.5, 0.6) is 0 Å². The van der Waals surface area contributed by atoms with Crippen LogP contribution in [0.1, 0.15) is 16.6 Å². The van der Waals surface area contributed by atoms with E-state index in [1.165, 1.54) is 17.2 Å². The van der Waals surface area contributed by atoms with Crippen molar-refractivity contribution in [2.45, 2.75) is 23.7 Å². The molecule has 2 aromatic heterocycles. The monoisotopic (exact) mass is 433 g/mol. The minimum atomic E-state index is -3.77. The van der Waals surface area contributed by atoms with E-state index in [0.29, 0.717) is 5.56 Å². The molecular formula is C18H19N5O6S. The Morgan fingerprint density at radius 3 is 2.70 bits per heavy atom. The van der Waals surface area contributed by atoms with E-state index >= 15 is 0 Å². The molecule has 30 heavy (non-hydrogen) atoms. The zero-order valence-electron chi connectivity index (χ0n) is 15.8. The average Bonchev–Trinajstić information content (AvgIpc) is 3.28. The number of imidazole rings is 1. The summed E-state index contributed by atoms with van der Waals surface area (Å²) in [6.45, 7) is -0.332. The van der Waals surface area contributed by atoms with Gasteiger partial charge in [-0.25, -0.2) is 28.2 Å². The molecule has 0 amide bonds. The molecule has 0 spiro atoms. The van der Waals surface area contributed by atoms with Gasteiger partial charge in [0.25, 0.3) is 0 Å². The summed E-state index contributed by atoms with van der Waals surface area (Å²) in [7, 11) is -3.77. The second-order valence-electron chi connectivity index (χ2n) is 6.90. The highest BCUT2D eigenvalue weighted by Crippen LogP contribution is 2.36. The first-order chi connectivity index (χ1) is 14.3. The van der Waals surface area contributed by atoms with E-state index in [9.17, 15) is 18.3 Å². The molecule has 3 heterocycles. The van der Waals surface area contributed by atoms with Crippen LogP contribution in [0.3, 0.4) is 0 Å². The quantitative estimate of drug-likeness (QED) is 0.522. The highest BCUT2D eigenvalue weighted by Gasteiger charge is 2.51. The Kier molecular flexibility index (Phi) is 5.13. The third-order valence-electron chi connectivity index (χ3n) is 4.86. The highest BCUT2D eigenvalue weighted by molar-refractivity contribution is 7.91. The van der Waals surface area contributed by atoms with Crippen LogP contribution in [0.15, 0.2) is 43.0 Å². The predicted molar refractivity (Wildman–Crippen MR) is 105 cm³/mol. The number of anilines is 1. The van der Waals surface area contributed by atoms with Gasteiger partial charge in [-0.1, -0.05) is 18.2 Å². The van der Waals surface area contributed by atoms with E-state index in [1.807, 2.05) is 0 Å². The van der Waals surface area contributed by atoms with Gasteiger partial charge in [0.15, 0.2) is 27.5 Å². The van der Waals surface area contributed by atoms with Crippen LogP contribution < -0.4 is 5.73 Å². The molecule has 1 aliphatic heterocycles. The Hall–Kier alpha value is -3.09. The number of hydrogen-bond acceptors (Lipinski definition) is 10. The summed E-state index contributed by atoms with van der Waals surface area (Å²) >= 11 is 0. The Morgan fingerprint density at radius 2 is 2.00 bits per heavy atom. The molecule has 3 aromatic rings. The van der Waals surface area contributed by atoms with Crippen molar-refractivity contribution < 1.29 is 27.8 Å². The first-order valence-electron chi connectivity index (χ1n) is 8.95. The molecular weight excluding hydrogens is 414 g/mol. The topological polar surface area (TPSA) is 160 Å². The molecule has 4 atom stereocenters. The van der Waals surface area contributed by atoms with Gasteiger partial charge in [0.2, 0.25) is 0 Å². The van der Waals surface area contributed by atoms with E-state index in [0.717, 1.165) is 6.26 Å². The van der Waals surface area contributed by atoms with Crippen LogP contribution in [0, 0.1) is 0 Å². The van der Waals surface area contributed by atoms with Crippen LogP contribution in [0.4, 0.5) is 5.82 Å². The van der Waals surface area contributed by atoms with E-state index in [1.54, 1.807) is 30.3 Å². The van der Waals surface area contributed by atoms with Gasteiger partial charge in [-0.15, -0.1) is 0 Å². The molecule has 11 nitrogen and oxygen atoms in total. The molecule has 0 bridgehead atoms. The number of aliphatic hydroxyl groups excluding tert-OH is 1. The lowest BCUT2D eigenvalue weighted by molar-refractivity contribution is -0.0508. The van der Waals surface area contributed by atoms with Crippen molar-refractivity contribution in [2.24, 2.45) is 0 Å². The number of aliphatic hydroxyl groups is 1. The van der Waals surface area contributed by atoms with Crippen molar-refractivity contribution in [3.8, 4) is 0 Å². The van der Waals surface area contributed by atoms with Crippen LogP contribution in [-0.4, -0.2) is 69.3 Å². The minimum absolute atomic E-state index is 0.126. The normalized spacial score (nSPS) is 24.2. The Labute approximate surface area is 171 Å². The number of benzene rings is 1. The molecule has 1 aromatic carbocycles. The molecule has 1 aliphatic rings. The number of carbonyl (C=O) groups excluding carboxylic acids is 1. The number of ether oxygens (including phenoxy) is 2. The van der Waals surface area contributed by atoms with Crippen LogP contribution in [0.2, 0.25) is 0 Å². The number of aromatic nitrogens is 4. The van der Waals surface area contributed by atoms with Crippen molar-refractivity contribution in [1.82, 2.24) is 19.5 Å². The molecule has 1 saturated heterocycles. The smallest absolute Gasteiger partial charge is 0.338 e. The molecule has 0 unspecified atom stereocenters. The Balaban J connectivity index is 1.61. The lowest BCUT2D eigenvalue weighted by atomic mass is 10.2. The number of carbonyl (C=O) groups is 1. The number of nitrogen functional groups attached to an aromatic ring is 1. The molecule has 4 rings (SSSR count). The van der Waals surface area contributed by atoms with E-state index in [4.69, 9.17) is 15.2 Å². The maximum absolute atomic E-state index is 12.4. The lowest BCUT2D eigenvalue weighted by Crippen LogP contribution is -2.39. The number of esters is 1. The van der Waals surface area contributed by atoms with Gasteiger partial charge in [-0.3, -0.25) is 4.57 Å². The van der Waals surface area contributed by atoms with Crippen molar-refractivity contribution in [2.75, 3.05) is 18.6 Å². The molecule has 158 valence electrons. The van der Waals surface area contributed by atoms with Gasteiger partial charge < -0.3 is 20.3 Å². The average molecular weight is 433 g/mol. The van der Waals surface area contributed by atoms with Gasteiger partial charge >= 0.3 is 5.97 Å². The first kappa shape index (κ1) is 20.2. The summed E-state index contributed by atoms with van der Waals surface area (Å²) in [6, 6.07) is 8.29. The Morgan fingerprint density at radius 1 is 1.27 bits per heavy atom. The van der Waals surface area contributed by atoms with Crippen LogP contribution in [0.25, 0.3) is 11.2 Å². The standard InChI is InChI=1S/C18H19N5O6S/c1-30(26,27)14-13(24)11(7-28-18(25)10-5-3-2-4-6-10)29-17(14)23-9-22-12-15(19)20-8-21-16(12)23/h2-6,8-9,11,13-14,17,24H,7H2,1H3,(H2,19,20,21)/t11-,13-,14-,17-/m1/s1. The number of sulfone groups is 1. The van der Waals surface area contributed by atoms with Crippen molar-refractivity contribution in [1.29, 1.82) is 0 Å². The maximum Gasteiger partial charge on any atom is 0.338 e. The SMILES string of the molecule is CS(=O)(=O)[C@@H]1[C@H](O)[C@@H](COC(=O)c2ccccc2)O[C@H]1n1cnc2c(N)ncnc21. The first-order valence-corrected chi connectivity index (χ1v) is 10.9. The molecule has 1 fully saturated rings. The van der Waals surface area contributed by atoms with Crippen molar-refractivity contribution in [3.63, 3.8) is 0 Å². The third-order valence-corrected chi connectivity index (χ3v) is 6.36. The highest BCUT2D eigenvalue weighted by atomic mass is 32.2. The summed E-state index contributed by atoms with van der Waals surface area (Å²) in [4.78, 5) is 24.2. The fourth-order valence-electron chi connectivity index (χ4n) is 3.42. The number of fused-ring (bicyclic) bond motifs is 1. The van der Waals surface area contributed by atoms with Crippen molar-refractivity contribution >= 4 is 32.8 Å². The molecule has 3 N–H and O–H groups in total. The number of nitrogens with two attached hydrogens (primary N) is 1. The van der Waals surface area contributed by atoms with E-state index < -0.39 is 39.5 Å². The summed E-state index contributed by atoms with van der Waals surface area (Å²) in [5.74, 6) is -0.485. The van der Waals surface area contributed by atoms with Gasteiger partial charge in [-0.05, 0) is 12.1 Å². The zero-order valence-corrected chi connectivity index (χ0v) is 16.6. The minimum Gasteiger partial charge on any atom is -0.459 e. The molecule has 0 saturated carbocycles. The lowest BCUT2D eigenvalue weighted by Gasteiger charge is -2.19. The number of hydrogen-bond donors (Lipinski definition) is 2. The van der Waals surface area contributed by atoms with Gasteiger partial charge in [-0.2, -0.15) is 0 Å². The van der Waals surface area contributed by atoms with Gasteiger partial charge in [0.1, 0.15) is 35.9 Å². The fraction of sp³-hybridized carbons (Fsp3) is 0.333. The van der Waals surface area contributed by atoms with Gasteiger partial charge in [0.05, 0.1) is 11.9 Å². The summed E-state index contributed by atoms with van der Waals surface area (Å²) in [5.41, 5.74) is 6.65. The van der Waals surface area contributed by atoms with Crippen LogP contribution >= 0.6 is 0 Å². The molecule has 12 heteroatoms. The maximum atomic E-state index is 12.4. The largest absolute Gasteiger partial charge is 0.459 e. The van der Waals surface area contributed by atoms with Crippen molar-refractivity contribution in [3.05, 3.63) is 48.5 Å². The zero-order chi connectivity index (χ0) is 21.5. The number of nitrogens with zero attached hydrogens (tertiary/aromatic N) is 4. The second-order valence-corrected chi connectivity index (χ2v) is 9.10. The van der Waals surface area contributed by atoms with E-state index in [2.05, 4.69) is 15.0 Å². The molecule has 0 radical (unpaired) electrons.